The molecule has 166 valence electrons. The average Bonchev–Trinajstić information content (AvgIpc) is 3.34. The first-order chi connectivity index (χ1) is 16.0. The number of amides is 2. The molecular weight excluding hydrogens is 414 g/mol. The van der Waals surface area contributed by atoms with Crippen LogP contribution in [0.2, 0.25) is 0 Å². The van der Waals surface area contributed by atoms with Crippen molar-refractivity contribution >= 4 is 17.5 Å². The van der Waals surface area contributed by atoms with Crippen LogP contribution >= 0.6 is 0 Å². The fourth-order valence-electron chi connectivity index (χ4n) is 3.37. The molecule has 0 aliphatic heterocycles. The van der Waals surface area contributed by atoms with Crippen LogP contribution in [-0.2, 0) is 4.79 Å². The summed E-state index contributed by atoms with van der Waals surface area (Å²) in [6.07, 6.45) is 1.84. The van der Waals surface area contributed by atoms with E-state index in [9.17, 15) is 9.59 Å². The van der Waals surface area contributed by atoms with E-state index < -0.39 is 0 Å². The van der Waals surface area contributed by atoms with E-state index >= 15 is 0 Å². The largest absolute Gasteiger partial charge is 0.343 e. The summed E-state index contributed by atoms with van der Waals surface area (Å²) in [5.74, 6) is -0.633. The molecule has 1 aromatic heterocycles. The highest BCUT2D eigenvalue weighted by Crippen LogP contribution is 2.26. The molecule has 0 saturated heterocycles. The maximum absolute atomic E-state index is 12.5. The third-order valence-corrected chi connectivity index (χ3v) is 5.18. The molecular formula is C26H25N5O2. The normalized spacial score (nSPS) is 10.8. The molecule has 7 heteroatoms. The van der Waals surface area contributed by atoms with Crippen LogP contribution < -0.4 is 10.6 Å². The molecule has 0 radical (unpaired) electrons. The van der Waals surface area contributed by atoms with Crippen molar-refractivity contribution in [3.05, 3.63) is 90.6 Å². The van der Waals surface area contributed by atoms with Crippen LogP contribution in [0.5, 0.6) is 0 Å². The lowest BCUT2D eigenvalue weighted by atomic mass is 10.0. The molecule has 0 aliphatic carbocycles. The van der Waals surface area contributed by atoms with Crippen molar-refractivity contribution in [1.29, 1.82) is 0 Å². The van der Waals surface area contributed by atoms with Gasteiger partial charge in [0.25, 0.3) is 5.91 Å². The Hall–Kier alpha value is -4.26. The first-order valence-corrected chi connectivity index (χ1v) is 10.8. The van der Waals surface area contributed by atoms with Gasteiger partial charge in [-0.05, 0) is 43.2 Å². The molecule has 0 atom stereocenters. The summed E-state index contributed by atoms with van der Waals surface area (Å²) < 4.78 is 1.76. The van der Waals surface area contributed by atoms with E-state index in [1.165, 1.54) is 0 Å². The summed E-state index contributed by atoms with van der Waals surface area (Å²) >= 11 is 0. The molecule has 0 aliphatic rings. The van der Waals surface area contributed by atoms with E-state index in [0.717, 1.165) is 16.7 Å². The van der Waals surface area contributed by atoms with Crippen molar-refractivity contribution in [2.75, 3.05) is 11.9 Å². The van der Waals surface area contributed by atoms with Gasteiger partial charge in [-0.1, -0.05) is 65.9 Å². The zero-order valence-corrected chi connectivity index (χ0v) is 18.5. The molecule has 3 aromatic carbocycles. The highest BCUT2D eigenvalue weighted by molar-refractivity contribution is 6.01. The monoisotopic (exact) mass is 439 g/mol. The van der Waals surface area contributed by atoms with Crippen molar-refractivity contribution in [3.8, 4) is 22.4 Å². The minimum absolute atomic E-state index is 0.147. The molecule has 0 fully saturated rings. The second-order valence-corrected chi connectivity index (χ2v) is 7.90. The predicted molar refractivity (Wildman–Crippen MR) is 129 cm³/mol. The minimum Gasteiger partial charge on any atom is -0.343 e. The van der Waals surface area contributed by atoms with Gasteiger partial charge in [-0.2, -0.15) is 0 Å². The molecule has 4 rings (SSSR count). The van der Waals surface area contributed by atoms with Crippen molar-refractivity contribution in [2.45, 2.75) is 19.9 Å². The van der Waals surface area contributed by atoms with Gasteiger partial charge in [-0.25, -0.2) is 4.68 Å². The Morgan fingerprint density at radius 1 is 0.879 bits per heavy atom. The Morgan fingerprint density at radius 3 is 2.24 bits per heavy atom. The van der Waals surface area contributed by atoms with Crippen LogP contribution in [0.4, 0.5) is 5.69 Å². The number of rotatable bonds is 7. The van der Waals surface area contributed by atoms with Crippen molar-refractivity contribution in [2.24, 2.45) is 0 Å². The molecule has 1 heterocycles. The van der Waals surface area contributed by atoms with E-state index in [1.54, 1.807) is 22.9 Å². The van der Waals surface area contributed by atoms with Gasteiger partial charge in [0.1, 0.15) is 5.69 Å². The van der Waals surface area contributed by atoms with Crippen LogP contribution in [0.25, 0.3) is 22.4 Å². The summed E-state index contributed by atoms with van der Waals surface area (Å²) in [7, 11) is 0. The van der Waals surface area contributed by atoms with Crippen LogP contribution in [0, 0.1) is 0 Å². The molecule has 0 saturated carbocycles. The number of hydrogen-bond donors (Lipinski definition) is 2. The van der Waals surface area contributed by atoms with Gasteiger partial charge in [0.15, 0.2) is 0 Å². The number of anilines is 1. The van der Waals surface area contributed by atoms with Gasteiger partial charge in [-0.15, -0.1) is 5.10 Å². The fourth-order valence-corrected chi connectivity index (χ4v) is 3.37. The standard InChI is InChI=1S/C26H25N5O2/c1-18(2)31-17-24(29-30-31)22-10-6-7-11-23(22)28-25(32)16-27-26(33)21-14-12-20(13-15-21)19-8-4-3-5-9-19/h3-15,17-18H,16H2,1-2H3,(H,27,33)(H,28,32). The average molecular weight is 440 g/mol. The zero-order chi connectivity index (χ0) is 23.2. The quantitative estimate of drug-likeness (QED) is 0.442. The van der Waals surface area contributed by atoms with E-state index in [2.05, 4.69) is 20.9 Å². The van der Waals surface area contributed by atoms with Gasteiger partial charge in [-0.3, -0.25) is 9.59 Å². The van der Waals surface area contributed by atoms with Crippen molar-refractivity contribution < 1.29 is 9.59 Å². The first-order valence-electron chi connectivity index (χ1n) is 10.8. The minimum atomic E-state index is -0.326. The molecule has 4 aromatic rings. The van der Waals surface area contributed by atoms with Gasteiger partial charge < -0.3 is 10.6 Å². The SMILES string of the molecule is CC(C)n1cc(-c2ccccc2NC(=O)CNC(=O)c2ccc(-c3ccccc3)cc2)nn1. The summed E-state index contributed by atoms with van der Waals surface area (Å²) in [6, 6.07) is 24.8. The van der Waals surface area contributed by atoms with Crippen LogP contribution in [0.1, 0.15) is 30.2 Å². The topological polar surface area (TPSA) is 88.9 Å². The lowest BCUT2D eigenvalue weighted by Crippen LogP contribution is -2.32. The number of hydrogen-bond acceptors (Lipinski definition) is 4. The van der Waals surface area contributed by atoms with Crippen molar-refractivity contribution in [1.82, 2.24) is 20.3 Å². The predicted octanol–water partition coefficient (Wildman–Crippen LogP) is 4.56. The fraction of sp³-hybridized carbons (Fsp3) is 0.154. The highest BCUT2D eigenvalue weighted by Gasteiger charge is 2.13. The molecule has 0 bridgehead atoms. The summed E-state index contributed by atoms with van der Waals surface area (Å²) in [4.78, 5) is 25.0. The third kappa shape index (κ3) is 5.33. The lowest BCUT2D eigenvalue weighted by Gasteiger charge is -2.10. The van der Waals surface area contributed by atoms with Gasteiger partial charge in [0.2, 0.25) is 5.91 Å². The van der Waals surface area contributed by atoms with Crippen LogP contribution in [-0.4, -0.2) is 33.4 Å². The first kappa shape index (κ1) is 22.0. The van der Waals surface area contributed by atoms with Gasteiger partial charge >= 0.3 is 0 Å². The Morgan fingerprint density at radius 2 is 1.55 bits per heavy atom. The Labute approximate surface area is 192 Å². The maximum atomic E-state index is 12.5. The number of aromatic nitrogens is 3. The number of carbonyl (C=O) groups excluding carboxylic acids is 2. The molecule has 0 spiro atoms. The summed E-state index contributed by atoms with van der Waals surface area (Å²) in [5.41, 5.74) is 4.64. The zero-order valence-electron chi connectivity index (χ0n) is 18.5. The number of nitrogens with one attached hydrogen (secondary N) is 2. The summed E-state index contributed by atoms with van der Waals surface area (Å²) in [5, 5.41) is 13.9. The van der Waals surface area contributed by atoms with Crippen LogP contribution in [0.3, 0.4) is 0 Å². The Balaban J connectivity index is 1.37. The number of nitrogens with zero attached hydrogens (tertiary/aromatic N) is 3. The van der Waals surface area contributed by atoms with Crippen molar-refractivity contribution in [3.63, 3.8) is 0 Å². The molecule has 33 heavy (non-hydrogen) atoms. The van der Waals surface area contributed by atoms with Gasteiger partial charge in [0, 0.05) is 17.2 Å². The van der Waals surface area contributed by atoms with E-state index in [4.69, 9.17) is 0 Å². The maximum Gasteiger partial charge on any atom is 0.251 e. The molecule has 2 amide bonds. The molecule has 0 unspecified atom stereocenters. The number of para-hydroxylation sites is 1. The van der Waals surface area contributed by atoms with E-state index in [1.807, 2.05) is 80.7 Å². The Kier molecular flexibility index (Phi) is 6.59. The highest BCUT2D eigenvalue weighted by atomic mass is 16.2. The molecule has 2 N–H and O–H groups in total. The van der Waals surface area contributed by atoms with Gasteiger partial charge in [0.05, 0.1) is 18.4 Å². The molecule has 7 nitrogen and oxygen atoms in total. The van der Waals surface area contributed by atoms with E-state index in [0.29, 0.717) is 16.9 Å². The Bertz CT molecular complexity index is 1250. The second-order valence-electron chi connectivity index (χ2n) is 7.90. The smallest absolute Gasteiger partial charge is 0.251 e. The van der Waals surface area contributed by atoms with E-state index in [-0.39, 0.29) is 24.4 Å². The lowest BCUT2D eigenvalue weighted by molar-refractivity contribution is -0.115. The number of carbonyl (C=O) groups is 2. The summed E-state index contributed by atoms with van der Waals surface area (Å²) in [6.45, 7) is 3.89. The third-order valence-electron chi connectivity index (χ3n) is 5.18. The number of benzene rings is 3. The second kappa shape index (κ2) is 9.91. The van der Waals surface area contributed by atoms with Crippen LogP contribution in [0.15, 0.2) is 85.1 Å².